The van der Waals surface area contributed by atoms with E-state index in [0.717, 1.165) is 22.5 Å². The summed E-state index contributed by atoms with van der Waals surface area (Å²) in [5, 5.41) is 3.38. The monoisotopic (exact) mass is 179 g/mol. The smallest absolute Gasteiger partial charge is 0.0545 e. The third kappa shape index (κ3) is 1.10. The lowest BCUT2D eigenvalue weighted by Gasteiger charge is -2.20. The standard InChI is InChI=1S/C13H9N/c1-3-7-12-10(5-1)9-11-6-2-4-8-13(11)14-12/h1-8,14H. The van der Waals surface area contributed by atoms with Crippen LogP contribution in [0.5, 0.6) is 0 Å². The molecule has 1 nitrogen and oxygen atoms in total. The first-order valence-electron chi connectivity index (χ1n) is 4.65. The fraction of sp³-hybridized carbons (Fsp3) is 0. The zero-order chi connectivity index (χ0) is 9.38. The molecule has 0 unspecified atom stereocenters. The zero-order valence-electron chi connectivity index (χ0n) is 7.62. The molecule has 0 saturated carbocycles. The van der Waals surface area contributed by atoms with Gasteiger partial charge in [-0.15, -0.1) is 0 Å². The van der Waals surface area contributed by atoms with Gasteiger partial charge in [-0.3, -0.25) is 0 Å². The Kier molecular flexibility index (Phi) is 1.57. The molecule has 0 bridgehead atoms. The molecule has 0 spiro atoms. The first kappa shape index (κ1) is 7.63. The Hall–Kier alpha value is -1.76. The summed E-state index contributed by atoms with van der Waals surface area (Å²) in [7, 11) is 0. The minimum atomic E-state index is 1.13. The number of hydrogen-bond donors (Lipinski definition) is 1. The lowest BCUT2D eigenvalue weighted by atomic mass is 9.98. The normalized spacial score (nSPS) is 12.6. The van der Waals surface area contributed by atoms with Crippen molar-refractivity contribution >= 4 is 11.4 Å². The Bertz CT molecular complexity index is 387. The molecule has 0 aliphatic carbocycles. The Morgan fingerprint density at radius 2 is 1.21 bits per heavy atom. The molecule has 0 aromatic heterocycles. The van der Waals surface area contributed by atoms with Crippen LogP contribution in [0.1, 0.15) is 11.1 Å². The molecule has 3 rings (SSSR count). The summed E-state index contributed by atoms with van der Waals surface area (Å²) in [6.07, 6.45) is 3.38. The van der Waals surface area contributed by atoms with Crippen molar-refractivity contribution in [2.24, 2.45) is 0 Å². The SMILES string of the molecule is [C]1c2ccccc2Nc2ccccc21. The minimum Gasteiger partial charge on any atom is -0.355 e. The van der Waals surface area contributed by atoms with Crippen molar-refractivity contribution in [1.29, 1.82) is 0 Å². The van der Waals surface area contributed by atoms with E-state index in [1.54, 1.807) is 0 Å². The molecular formula is C13H9N. The van der Waals surface area contributed by atoms with Crippen LogP contribution in [0, 0.1) is 6.42 Å². The Balaban J connectivity index is 2.12. The first-order chi connectivity index (χ1) is 6.93. The fourth-order valence-electron chi connectivity index (χ4n) is 1.69. The number of nitrogens with one attached hydrogen (secondary N) is 1. The van der Waals surface area contributed by atoms with Gasteiger partial charge in [0.2, 0.25) is 0 Å². The Morgan fingerprint density at radius 3 is 1.79 bits per heavy atom. The van der Waals surface area contributed by atoms with Crippen LogP contribution in [-0.4, -0.2) is 0 Å². The second-order valence-corrected chi connectivity index (χ2v) is 3.34. The molecule has 0 atom stereocenters. The van der Waals surface area contributed by atoms with E-state index < -0.39 is 0 Å². The van der Waals surface area contributed by atoms with Gasteiger partial charge in [-0.2, -0.15) is 0 Å². The van der Waals surface area contributed by atoms with Crippen LogP contribution in [-0.2, 0) is 0 Å². The summed E-state index contributed by atoms with van der Waals surface area (Å²) in [5.41, 5.74) is 4.52. The van der Waals surface area contributed by atoms with Gasteiger partial charge in [-0.1, -0.05) is 36.4 Å². The number of benzene rings is 2. The molecule has 2 radical (unpaired) electrons. The van der Waals surface area contributed by atoms with Crippen molar-refractivity contribution in [3.05, 3.63) is 66.1 Å². The zero-order valence-corrected chi connectivity index (χ0v) is 7.62. The highest BCUT2D eigenvalue weighted by molar-refractivity contribution is 5.75. The first-order valence-corrected chi connectivity index (χ1v) is 4.65. The number of rotatable bonds is 0. The van der Waals surface area contributed by atoms with Gasteiger partial charge in [0.1, 0.15) is 0 Å². The predicted octanol–water partition coefficient (Wildman–Crippen LogP) is 3.22. The lowest BCUT2D eigenvalue weighted by molar-refractivity contribution is 1.35. The van der Waals surface area contributed by atoms with Crippen molar-refractivity contribution in [3.8, 4) is 0 Å². The Morgan fingerprint density at radius 1 is 0.714 bits per heavy atom. The summed E-state index contributed by atoms with van der Waals surface area (Å²) in [6.45, 7) is 0. The maximum Gasteiger partial charge on any atom is 0.0545 e. The second-order valence-electron chi connectivity index (χ2n) is 3.34. The highest BCUT2D eigenvalue weighted by atomic mass is 14.9. The molecule has 0 fully saturated rings. The van der Waals surface area contributed by atoms with E-state index in [1.807, 2.05) is 24.3 Å². The molecular weight excluding hydrogens is 170 g/mol. The van der Waals surface area contributed by atoms with Gasteiger partial charge in [0.25, 0.3) is 0 Å². The average Bonchev–Trinajstić information content (AvgIpc) is 2.26. The predicted molar refractivity (Wildman–Crippen MR) is 57.6 cm³/mol. The highest BCUT2D eigenvalue weighted by Gasteiger charge is 2.13. The lowest BCUT2D eigenvalue weighted by Crippen LogP contribution is -2.04. The molecule has 1 aliphatic rings. The Labute approximate surface area is 83.4 Å². The summed E-state index contributed by atoms with van der Waals surface area (Å²) < 4.78 is 0. The van der Waals surface area contributed by atoms with Gasteiger partial charge >= 0.3 is 0 Å². The van der Waals surface area contributed by atoms with Crippen LogP contribution in [0.2, 0.25) is 0 Å². The van der Waals surface area contributed by atoms with Crippen molar-refractivity contribution in [1.82, 2.24) is 0 Å². The van der Waals surface area contributed by atoms with Crippen molar-refractivity contribution in [3.63, 3.8) is 0 Å². The highest BCUT2D eigenvalue weighted by Crippen LogP contribution is 2.33. The van der Waals surface area contributed by atoms with Crippen molar-refractivity contribution in [2.75, 3.05) is 5.32 Å². The second kappa shape index (κ2) is 2.88. The largest absolute Gasteiger partial charge is 0.355 e. The summed E-state index contributed by atoms with van der Waals surface area (Å²) in [6, 6.07) is 16.4. The molecule has 14 heavy (non-hydrogen) atoms. The van der Waals surface area contributed by atoms with Gasteiger partial charge < -0.3 is 5.32 Å². The van der Waals surface area contributed by atoms with Gasteiger partial charge in [0.05, 0.1) is 6.42 Å². The maximum absolute atomic E-state index is 3.38. The molecule has 1 heteroatoms. The summed E-state index contributed by atoms with van der Waals surface area (Å²) in [5.74, 6) is 0. The van der Waals surface area contributed by atoms with E-state index in [0.29, 0.717) is 0 Å². The van der Waals surface area contributed by atoms with E-state index in [-0.39, 0.29) is 0 Å². The van der Waals surface area contributed by atoms with Crippen LogP contribution in [0.15, 0.2) is 48.5 Å². The molecule has 1 aliphatic heterocycles. The number of para-hydroxylation sites is 2. The van der Waals surface area contributed by atoms with Crippen LogP contribution in [0.3, 0.4) is 0 Å². The third-order valence-electron chi connectivity index (χ3n) is 2.39. The number of hydrogen-bond acceptors (Lipinski definition) is 1. The van der Waals surface area contributed by atoms with Crippen LogP contribution in [0.4, 0.5) is 11.4 Å². The summed E-state index contributed by atoms with van der Waals surface area (Å²) >= 11 is 0. The minimum absolute atomic E-state index is 1.13. The topological polar surface area (TPSA) is 12.0 Å². The van der Waals surface area contributed by atoms with Crippen LogP contribution in [0.25, 0.3) is 0 Å². The molecule has 2 aromatic carbocycles. The van der Waals surface area contributed by atoms with Gasteiger partial charge in [0.15, 0.2) is 0 Å². The van der Waals surface area contributed by atoms with E-state index in [2.05, 4.69) is 36.0 Å². The summed E-state index contributed by atoms with van der Waals surface area (Å²) in [4.78, 5) is 0. The molecule has 66 valence electrons. The molecule has 1 heterocycles. The van der Waals surface area contributed by atoms with Crippen molar-refractivity contribution < 1.29 is 0 Å². The van der Waals surface area contributed by atoms with Gasteiger partial charge in [0, 0.05) is 11.4 Å². The van der Waals surface area contributed by atoms with Crippen LogP contribution >= 0.6 is 0 Å². The number of fused-ring (bicyclic) bond motifs is 2. The van der Waals surface area contributed by atoms with E-state index >= 15 is 0 Å². The number of anilines is 2. The van der Waals surface area contributed by atoms with E-state index in [4.69, 9.17) is 0 Å². The quantitative estimate of drug-likeness (QED) is 0.558. The fourth-order valence-corrected chi connectivity index (χ4v) is 1.69. The molecule has 1 N–H and O–H groups in total. The maximum atomic E-state index is 3.38. The molecule has 2 aromatic rings. The van der Waals surface area contributed by atoms with Gasteiger partial charge in [-0.25, -0.2) is 0 Å². The van der Waals surface area contributed by atoms with Gasteiger partial charge in [-0.05, 0) is 23.3 Å². The van der Waals surface area contributed by atoms with Crippen molar-refractivity contribution in [2.45, 2.75) is 0 Å². The van der Waals surface area contributed by atoms with E-state index in [9.17, 15) is 0 Å². The molecule has 0 amide bonds. The molecule has 0 saturated heterocycles. The average molecular weight is 179 g/mol. The van der Waals surface area contributed by atoms with Crippen LogP contribution < -0.4 is 5.32 Å². The van der Waals surface area contributed by atoms with E-state index in [1.165, 1.54) is 0 Å². The third-order valence-corrected chi connectivity index (χ3v) is 2.39.